The first-order valence-corrected chi connectivity index (χ1v) is 11.2. The molecule has 0 bridgehead atoms. The van der Waals surface area contributed by atoms with Crippen LogP contribution in [0.1, 0.15) is 56.6 Å². The van der Waals surface area contributed by atoms with Crippen molar-refractivity contribution in [1.82, 2.24) is 5.32 Å². The number of nitrogens with one attached hydrogen (secondary N) is 1. The van der Waals surface area contributed by atoms with Gasteiger partial charge in [-0.3, -0.25) is 4.79 Å². The van der Waals surface area contributed by atoms with Crippen molar-refractivity contribution in [2.75, 3.05) is 7.11 Å². The van der Waals surface area contributed by atoms with Crippen molar-refractivity contribution in [2.45, 2.75) is 51.6 Å². The Labute approximate surface area is 193 Å². The van der Waals surface area contributed by atoms with Gasteiger partial charge in [0.25, 0.3) is 0 Å². The second kappa shape index (κ2) is 9.14. The lowest BCUT2D eigenvalue weighted by Crippen LogP contribution is -2.36. The number of Topliss-reactive ketones (excluding diaryl/α,β-unsaturated/α-hetero) is 1. The van der Waals surface area contributed by atoms with Crippen LogP contribution in [0.25, 0.3) is 0 Å². The highest BCUT2D eigenvalue weighted by Crippen LogP contribution is 2.46. The van der Waals surface area contributed by atoms with E-state index in [1.165, 1.54) is 13.2 Å². The van der Waals surface area contributed by atoms with E-state index in [0.29, 0.717) is 35.2 Å². The van der Waals surface area contributed by atoms with Crippen molar-refractivity contribution >= 4 is 11.8 Å². The average Bonchev–Trinajstić information content (AvgIpc) is 2.78. The number of ketones is 1. The standard InChI is InChI=1S/C27H29NO5/c1-15(2)33-27(31)24-16(3)28-20-12-19(17-8-6-5-7-9-17)13-22(30)26(20)25(24)18-10-11-21(29)23(14-18)32-4/h5-11,14-15,19,25,28-29H,12-13H2,1-4H3/t19-,25-/m1/s1. The van der Waals surface area contributed by atoms with Crippen LogP contribution >= 0.6 is 0 Å². The number of dihydropyridines is 1. The summed E-state index contributed by atoms with van der Waals surface area (Å²) in [5, 5.41) is 13.5. The second-order valence-electron chi connectivity index (χ2n) is 8.81. The first kappa shape index (κ1) is 22.6. The third-order valence-corrected chi connectivity index (χ3v) is 6.20. The minimum absolute atomic E-state index is 0.00279. The molecule has 6 nitrogen and oxygen atoms in total. The molecular weight excluding hydrogens is 418 g/mol. The summed E-state index contributed by atoms with van der Waals surface area (Å²) >= 11 is 0. The van der Waals surface area contributed by atoms with Gasteiger partial charge in [-0.2, -0.15) is 0 Å². The van der Waals surface area contributed by atoms with Gasteiger partial charge in [0.2, 0.25) is 0 Å². The minimum Gasteiger partial charge on any atom is -0.504 e. The summed E-state index contributed by atoms with van der Waals surface area (Å²) in [5.41, 5.74) is 4.29. The summed E-state index contributed by atoms with van der Waals surface area (Å²) in [6.45, 7) is 5.43. The van der Waals surface area contributed by atoms with Crippen molar-refractivity contribution in [1.29, 1.82) is 0 Å². The van der Waals surface area contributed by atoms with Crippen molar-refractivity contribution < 1.29 is 24.2 Å². The maximum atomic E-state index is 13.6. The van der Waals surface area contributed by atoms with Gasteiger partial charge in [0.1, 0.15) is 0 Å². The van der Waals surface area contributed by atoms with E-state index in [1.807, 2.05) is 37.3 Å². The smallest absolute Gasteiger partial charge is 0.337 e. The van der Waals surface area contributed by atoms with Crippen LogP contribution in [0.15, 0.2) is 71.1 Å². The lowest BCUT2D eigenvalue weighted by Gasteiger charge is -2.37. The number of allylic oxidation sites excluding steroid dienone is 3. The van der Waals surface area contributed by atoms with Crippen LogP contribution in [-0.4, -0.2) is 30.1 Å². The van der Waals surface area contributed by atoms with Crippen LogP contribution in [0.3, 0.4) is 0 Å². The molecule has 6 heteroatoms. The van der Waals surface area contributed by atoms with Crippen LogP contribution in [0.5, 0.6) is 11.5 Å². The number of rotatable bonds is 5. The Morgan fingerprint density at radius 1 is 1.09 bits per heavy atom. The van der Waals surface area contributed by atoms with E-state index in [1.54, 1.807) is 26.0 Å². The topological polar surface area (TPSA) is 84.9 Å². The van der Waals surface area contributed by atoms with E-state index in [0.717, 1.165) is 11.3 Å². The molecule has 0 spiro atoms. The summed E-state index contributed by atoms with van der Waals surface area (Å²) in [5.74, 6) is -0.722. The number of carbonyl (C=O) groups excluding carboxylic acids is 2. The van der Waals surface area contributed by atoms with Crippen LogP contribution in [-0.2, 0) is 14.3 Å². The van der Waals surface area contributed by atoms with Gasteiger partial charge in [0, 0.05) is 29.3 Å². The SMILES string of the molecule is COc1cc([C@@H]2C(C(=O)OC(C)C)=C(C)NC3=C2C(=O)C[C@H](c2ccccc2)C3)ccc1O. The molecule has 0 unspecified atom stereocenters. The lowest BCUT2D eigenvalue weighted by molar-refractivity contribution is -0.143. The Kier molecular flexibility index (Phi) is 6.27. The Morgan fingerprint density at radius 3 is 2.48 bits per heavy atom. The number of phenols is 1. The molecule has 2 atom stereocenters. The van der Waals surface area contributed by atoms with E-state index in [2.05, 4.69) is 5.32 Å². The summed E-state index contributed by atoms with van der Waals surface area (Å²) in [4.78, 5) is 26.7. The molecule has 2 aromatic rings. The molecule has 0 radical (unpaired) electrons. The third kappa shape index (κ3) is 4.38. The van der Waals surface area contributed by atoms with Crippen LogP contribution < -0.4 is 10.1 Å². The highest BCUT2D eigenvalue weighted by molar-refractivity contribution is 6.04. The maximum Gasteiger partial charge on any atom is 0.337 e. The van der Waals surface area contributed by atoms with Gasteiger partial charge in [-0.25, -0.2) is 4.79 Å². The second-order valence-corrected chi connectivity index (χ2v) is 8.81. The minimum atomic E-state index is -0.605. The number of phenolic OH excluding ortho intramolecular Hbond substituents is 1. The van der Waals surface area contributed by atoms with Crippen molar-refractivity contribution in [2.24, 2.45) is 0 Å². The van der Waals surface area contributed by atoms with E-state index in [-0.39, 0.29) is 29.3 Å². The fourth-order valence-corrected chi connectivity index (χ4v) is 4.76. The molecular formula is C27H29NO5. The van der Waals surface area contributed by atoms with Crippen molar-refractivity contribution in [3.8, 4) is 11.5 Å². The van der Waals surface area contributed by atoms with Gasteiger partial charge >= 0.3 is 5.97 Å². The molecule has 0 saturated carbocycles. The molecule has 4 rings (SSSR count). The summed E-state index contributed by atoms with van der Waals surface area (Å²) in [7, 11) is 1.47. The fourth-order valence-electron chi connectivity index (χ4n) is 4.76. The highest BCUT2D eigenvalue weighted by Gasteiger charge is 2.41. The first-order valence-electron chi connectivity index (χ1n) is 11.2. The van der Waals surface area contributed by atoms with E-state index < -0.39 is 11.9 Å². The van der Waals surface area contributed by atoms with Crippen LogP contribution in [0, 0.1) is 0 Å². The molecule has 172 valence electrons. The average molecular weight is 448 g/mol. The van der Waals surface area contributed by atoms with Crippen molar-refractivity contribution in [3.63, 3.8) is 0 Å². The van der Waals surface area contributed by atoms with Gasteiger partial charge in [-0.15, -0.1) is 0 Å². The number of methoxy groups -OCH3 is 1. The Balaban J connectivity index is 1.83. The molecule has 0 saturated heterocycles. The van der Waals surface area contributed by atoms with Gasteiger partial charge in [0.05, 0.1) is 18.8 Å². The number of carbonyl (C=O) groups is 2. The molecule has 0 aromatic heterocycles. The zero-order valence-electron chi connectivity index (χ0n) is 19.3. The van der Waals surface area contributed by atoms with Gasteiger partial charge < -0.3 is 19.9 Å². The molecule has 2 N–H and O–H groups in total. The molecule has 2 aromatic carbocycles. The van der Waals surface area contributed by atoms with Crippen molar-refractivity contribution in [3.05, 3.63) is 82.2 Å². The number of aromatic hydroxyl groups is 1. The Bertz CT molecular complexity index is 1150. The normalized spacial score (nSPS) is 20.5. The van der Waals surface area contributed by atoms with Crippen LogP contribution in [0.4, 0.5) is 0 Å². The lowest BCUT2D eigenvalue weighted by atomic mass is 9.71. The fraction of sp³-hybridized carbons (Fsp3) is 0.333. The molecule has 33 heavy (non-hydrogen) atoms. The molecule has 1 aliphatic carbocycles. The van der Waals surface area contributed by atoms with Gasteiger partial charge in [0.15, 0.2) is 17.3 Å². The van der Waals surface area contributed by atoms with Gasteiger partial charge in [-0.05, 0) is 56.4 Å². The first-order chi connectivity index (χ1) is 15.8. The number of hydrogen-bond acceptors (Lipinski definition) is 6. The number of esters is 1. The molecule has 1 heterocycles. The van der Waals surface area contributed by atoms with Crippen LogP contribution in [0.2, 0.25) is 0 Å². The molecule has 0 amide bonds. The molecule has 1 aliphatic heterocycles. The van der Waals surface area contributed by atoms with E-state index in [4.69, 9.17) is 9.47 Å². The largest absolute Gasteiger partial charge is 0.504 e. The number of benzene rings is 2. The number of hydrogen-bond donors (Lipinski definition) is 2. The number of ether oxygens (including phenoxy) is 2. The zero-order valence-corrected chi connectivity index (χ0v) is 19.3. The van der Waals surface area contributed by atoms with E-state index >= 15 is 0 Å². The maximum absolute atomic E-state index is 13.6. The summed E-state index contributed by atoms with van der Waals surface area (Å²) < 4.78 is 10.8. The summed E-state index contributed by atoms with van der Waals surface area (Å²) in [6, 6.07) is 14.9. The highest BCUT2D eigenvalue weighted by atomic mass is 16.5. The Hall–Kier alpha value is -3.54. The third-order valence-electron chi connectivity index (χ3n) is 6.20. The Morgan fingerprint density at radius 2 is 1.82 bits per heavy atom. The quantitative estimate of drug-likeness (QED) is 0.646. The van der Waals surface area contributed by atoms with E-state index in [9.17, 15) is 14.7 Å². The van der Waals surface area contributed by atoms with Gasteiger partial charge in [-0.1, -0.05) is 36.4 Å². The predicted octanol–water partition coefficient (Wildman–Crippen LogP) is 4.71. The summed E-state index contributed by atoms with van der Waals surface area (Å²) in [6.07, 6.45) is 0.732. The zero-order chi connectivity index (χ0) is 23.7. The monoisotopic (exact) mass is 447 g/mol. The molecule has 2 aliphatic rings. The molecule has 0 fully saturated rings. The predicted molar refractivity (Wildman–Crippen MR) is 125 cm³/mol.